The molecular weight excluding hydrogens is 250 g/mol. The number of amides is 1. The summed E-state index contributed by atoms with van der Waals surface area (Å²) >= 11 is 0. The zero-order chi connectivity index (χ0) is 14.4. The fraction of sp³-hybridized carbons (Fsp3) is 0.562. The van der Waals surface area contributed by atoms with Crippen LogP contribution in [-0.4, -0.2) is 43.5 Å². The maximum atomic E-state index is 11.4. The second-order valence-electron chi connectivity index (χ2n) is 5.50. The maximum absolute atomic E-state index is 11.4. The molecule has 0 aliphatic carbocycles. The van der Waals surface area contributed by atoms with Crippen LogP contribution in [0.4, 0.5) is 0 Å². The first kappa shape index (κ1) is 15.0. The highest BCUT2D eigenvalue weighted by atomic mass is 16.1. The Hall–Kier alpha value is -1.39. The van der Waals surface area contributed by atoms with E-state index in [1.54, 1.807) is 7.05 Å². The van der Waals surface area contributed by atoms with Gasteiger partial charge < -0.3 is 10.6 Å². The minimum atomic E-state index is -0.0350. The molecule has 1 aliphatic rings. The Labute approximate surface area is 121 Å². The Kier molecular flexibility index (Phi) is 5.56. The largest absolute Gasteiger partial charge is 0.355 e. The molecule has 1 aromatic carbocycles. The fourth-order valence-electron chi connectivity index (χ4n) is 2.66. The van der Waals surface area contributed by atoms with Crippen LogP contribution in [-0.2, 0) is 6.54 Å². The zero-order valence-electron chi connectivity index (χ0n) is 12.5. The van der Waals surface area contributed by atoms with Crippen LogP contribution in [0.2, 0.25) is 0 Å². The summed E-state index contributed by atoms with van der Waals surface area (Å²) in [6, 6.07) is 8.37. The highest BCUT2D eigenvalue weighted by molar-refractivity contribution is 5.93. The molecule has 1 atom stereocenters. The molecular formula is C16H25N3O. The Morgan fingerprint density at radius 3 is 2.50 bits per heavy atom. The third kappa shape index (κ3) is 4.05. The van der Waals surface area contributed by atoms with Gasteiger partial charge in [0.05, 0.1) is 0 Å². The van der Waals surface area contributed by atoms with Gasteiger partial charge in [-0.25, -0.2) is 0 Å². The Morgan fingerprint density at radius 1 is 1.25 bits per heavy atom. The van der Waals surface area contributed by atoms with Crippen molar-refractivity contribution in [2.45, 2.75) is 32.4 Å². The van der Waals surface area contributed by atoms with Gasteiger partial charge in [-0.05, 0) is 50.6 Å². The van der Waals surface area contributed by atoms with Crippen LogP contribution in [0, 0.1) is 0 Å². The molecule has 1 amide bonds. The number of carbonyl (C=O) groups is 1. The quantitative estimate of drug-likeness (QED) is 0.829. The van der Waals surface area contributed by atoms with Crippen molar-refractivity contribution in [3.8, 4) is 0 Å². The van der Waals surface area contributed by atoms with Gasteiger partial charge in [0.1, 0.15) is 0 Å². The second kappa shape index (κ2) is 7.41. The average Bonchev–Trinajstić information content (AvgIpc) is 3.01. The van der Waals surface area contributed by atoms with Gasteiger partial charge in [-0.3, -0.25) is 9.69 Å². The molecule has 2 rings (SSSR count). The van der Waals surface area contributed by atoms with Gasteiger partial charge in [-0.1, -0.05) is 12.1 Å². The van der Waals surface area contributed by atoms with Crippen LogP contribution >= 0.6 is 0 Å². The first-order valence-corrected chi connectivity index (χ1v) is 7.46. The van der Waals surface area contributed by atoms with E-state index in [-0.39, 0.29) is 5.91 Å². The van der Waals surface area contributed by atoms with Gasteiger partial charge in [0.2, 0.25) is 0 Å². The van der Waals surface area contributed by atoms with Gasteiger partial charge in [0.25, 0.3) is 5.91 Å². The van der Waals surface area contributed by atoms with Crippen LogP contribution in [0.15, 0.2) is 24.3 Å². The lowest BCUT2D eigenvalue weighted by Gasteiger charge is -2.24. The van der Waals surface area contributed by atoms with Gasteiger partial charge in [-0.2, -0.15) is 0 Å². The van der Waals surface area contributed by atoms with Crippen molar-refractivity contribution in [3.63, 3.8) is 0 Å². The van der Waals surface area contributed by atoms with Crippen LogP contribution in [0.5, 0.6) is 0 Å². The lowest BCUT2D eigenvalue weighted by Crippen LogP contribution is -2.38. The summed E-state index contributed by atoms with van der Waals surface area (Å²) in [6.45, 7) is 6.63. The fourth-order valence-corrected chi connectivity index (χ4v) is 2.66. The molecule has 0 saturated carbocycles. The highest BCUT2D eigenvalue weighted by Crippen LogP contribution is 2.11. The van der Waals surface area contributed by atoms with Crippen molar-refractivity contribution in [2.24, 2.45) is 0 Å². The van der Waals surface area contributed by atoms with Gasteiger partial charge >= 0.3 is 0 Å². The van der Waals surface area contributed by atoms with Crippen LogP contribution in [0.3, 0.4) is 0 Å². The van der Waals surface area contributed by atoms with E-state index in [2.05, 4.69) is 22.5 Å². The summed E-state index contributed by atoms with van der Waals surface area (Å²) in [5, 5.41) is 6.13. The van der Waals surface area contributed by atoms with Crippen molar-refractivity contribution in [3.05, 3.63) is 35.4 Å². The lowest BCUT2D eigenvalue weighted by atomic mass is 10.1. The minimum absolute atomic E-state index is 0.0350. The van der Waals surface area contributed by atoms with E-state index in [9.17, 15) is 4.79 Å². The molecule has 4 nitrogen and oxygen atoms in total. The third-order valence-corrected chi connectivity index (χ3v) is 3.98. The normalized spacial score (nSPS) is 17.1. The zero-order valence-corrected chi connectivity index (χ0v) is 12.5. The standard InChI is InChI=1S/C16H25N3O/c1-13(19-9-3-4-10-19)11-18-12-14-5-7-15(8-6-14)16(20)17-2/h5-8,13,18H,3-4,9-12H2,1-2H3,(H,17,20). The Balaban J connectivity index is 1.75. The topological polar surface area (TPSA) is 44.4 Å². The summed E-state index contributed by atoms with van der Waals surface area (Å²) in [7, 11) is 1.65. The molecule has 1 unspecified atom stereocenters. The van der Waals surface area contributed by atoms with Crippen molar-refractivity contribution in [1.29, 1.82) is 0 Å². The summed E-state index contributed by atoms with van der Waals surface area (Å²) in [5.41, 5.74) is 1.92. The molecule has 2 N–H and O–H groups in total. The van der Waals surface area contributed by atoms with Crippen molar-refractivity contribution < 1.29 is 4.79 Å². The smallest absolute Gasteiger partial charge is 0.251 e. The average molecular weight is 275 g/mol. The number of nitrogens with one attached hydrogen (secondary N) is 2. The van der Waals surface area contributed by atoms with Crippen molar-refractivity contribution in [1.82, 2.24) is 15.5 Å². The van der Waals surface area contributed by atoms with E-state index in [4.69, 9.17) is 0 Å². The van der Waals surface area contributed by atoms with Crippen LogP contribution < -0.4 is 10.6 Å². The number of nitrogens with zero attached hydrogens (tertiary/aromatic N) is 1. The Bertz CT molecular complexity index is 424. The summed E-state index contributed by atoms with van der Waals surface area (Å²) in [4.78, 5) is 14.0. The van der Waals surface area contributed by atoms with E-state index in [1.807, 2.05) is 24.3 Å². The van der Waals surface area contributed by atoms with E-state index in [0.717, 1.165) is 13.1 Å². The lowest BCUT2D eigenvalue weighted by molar-refractivity contribution is 0.0963. The number of benzene rings is 1. The SMILES string of the molecule is CNC(=O)c1ccc(CNCC(C)N2CCCC2)cc1. The van der Waals surface area contributed by atoms with E-state index in [0.29, 0.717) is 11.6 Å². The molecule has 0 radical (unpaired) electrons. The number of hydrogen-bond donors (Lipinski definition) is 2. The van der Waals surface area contributed by atoms with Crippen molar-refractivity contribution >= 4 is 5.91 Å². The molecule has 1 heterocycles. The first-order chi connectivity index (χ1) is 9.70. The highest BCUT2D eigenvalue weighted by Gasteiger charge is 2.17. The van der Waals surface area contributed by atoms with E-state index < -0.39 is 0 Å². The molecule has 1 aromatic rings. The molecule has 1 fully saturated rings. The van der Waals surface area contributed by atoms with Gasteiger partial charge in [0, 0.05) is 31.7 Å². The van der Waals surface area contributed by atoms with E-state index >= 15 is 0 Å². The molecule has 20 heavy (non-hydrogen) atoms. The molecule has 110 valence electrons. The van der Waals surface area contributed by atoms with Gasteiger partial charge in [-0.15, -0.1) is 0 Å². The minimum Gasteiger partial charge on any atom is -0.355 e. The number of rotatable bonds is 6. The molecule has 0 spiro atoms. The Morgan fingerprint density at radius 2 is 1.90 bits per heavy atom. The summed E-state index contributed by atoms with van der Waals surface area (Å²) in [5.74, 6) is -0.0350. The third-order valence-electron chi connectivity index (χ3n) is 3.98. The second-order valence-corrected chi connectivity index (χ2v) is 5.50. The molecule has 1 saturated heterocycles. The molecule has 0 aromatic heterocycles. The van der Waals surface area contributed by atoms with Crippen LogP contribution in [0.25, 0.3) is 0 Å². The number of carbonyl (C=O) groups excluding carboxylic acids is 1. The van der Waals surface area contributed by atoms with Crippen molar-refractivity contribution in [2.75, 3.05) is 26.7 Å². The van der Waals surface area contributed by atoms with E-state index in [1.165, 1.54) is 31.5 Å². The number of hydrogen-bond acceptors (Lipinski definition) is 3. The molecule has 1 aliphatic heterocycles. The summed E-state index contributed by atoms with van der Waals surface area (Å²) < 4.78 is 0. The maximum Gasteiger partial charge on any atom is 0.251 e. The van der Waals surface area contributed by atoms with Gasteiger partial charge in [0.15, 0.2) is 0 Å². The number of likely N-dealkylation sites (tertiary alicyclic amines) is 1. The monoisotopic (exact) mass is 275 g/mol. The molecule has 0 bridgehead atoms. The van der Waals surface area contributed by atoms with Crippen LogP contribution in [0.1, 0.15) is 35.7 Å². The first-order valence-electron chi connectivity index (χ1n) is 7.46. The summed E-state index contributed by atoms with van der Waals surface area (Å²) in [6.07, 6.45) is 2.68. The predicted octanol–water partition coefficient (Wildman–Crippen LogP) is 1.62. The predicted molar refractivity (Wildman–Crippen MR) is 81.8 cm³/mol. The molecule has 4 heteroatoms.